The Labute approximate surface area is 101 Å². The fraction of sp³-hybridized carbons (Fsp3) is 0.636. The van der Waals surface area contributed by atoms with E-state index in [4.69, 9.17) is 5.26 Å². The number of nitrogens with one attached hydrogen (secondary N) is 1. The molecule has 0 unspecified atom stereocenters. The fourth-order valence-electron chi connectivity index (χ4n) is 2.48. The molecule has 0 amide bonds. The molecule has 1 fully saturated rings. The number of aromatic nitrogens is 2. The van der Waals surface area contributed by atoms with Crippen LogP contribution in [0.3, 0.4) is 0 Å². The second-order valence-electron chi connectivity index (χ2n) is 4.84. The third-order valence-corrected chi connectivity index (χ3v) is 3.58. The molecule has 1 aromatic heterocycles. The molecule has 0 saturated heterocycles. The smallest absolute Gasteiger partial charge is 0.366 e. The second-order valence-corrected chi connectivity index (χ2v) is 4.84. The Morgan fingerprint density at radius 1 is 1.44 bits per heavy atom. The maximum Gasteiger partial charge on any atom is 0.410 e. The molecule has 2 aliphatic rings. The van der Waals surface area contributed by atoms with Gasteiger partial charge in [0, 0.05) is 6.04 Å². The number of alkyl halides is 3. The average molecular weight is 256 g/mol. The lowest BCUT2D eigenvalue weighted by molar-refractivity contribution is -0.174. The molecule has 1 aliphatic heterocycles. The summed E-state index contributed by atoms with van der Waals surface area (Å²) in [4.78, 5) is 0. The highest BCUT2D eigenvalue weighted by Crippen LogP contribution is 2.45. The number of anilines is 1. The Kier molecular flexibility index (Phi) is 2.30. The molecule has 0 aromatic carbocycles. The monoisotopic (exact) mass is 256 g/mol. The van der Waals surface area contributed by atoms with Crippen LogP contribution in [-0.2, 0) is 0 Å². The summed E-state index contributed by atoms with van der Waals surface area (Å²) in [6.07, 6.45) is -1.23. The molecule has 1 aromatic rings. The molecule has 96 valence electrons. The molecule has 4 nitrogen and oxygen atoms in total. The summed E-state index contributed by atoms with van der Waals surface area (Å²) in [5.41, 5.74) is 0.176. The van der Waals surface area contributed by atoms with E-state index in [0.717, 1.165) is 17.5 Å². The molecule has 3 rings (SSSR count). The summed E-state index contributed by atoms with van der Waals surface area (Å²) in [6, 6.07) is 0.0492. The van der Waals surface area contributed by atoms with E-state index < -0.39 is 12.2 Å². The first kappa shape index (κ1) is 11.4. The van der Waals surface area contributed by atoms with Crippen LogP contribution in [0.5, 0.6) is 0 Å². The normalized spacial score (nSPS) is 27.2. The molecular formula is C11H11F3N4. The first-order valence-corrected chi connectivity index (χ1v) is 5.81. The summed E-state index contributed by atoms with van der Waals surface area (Å²) in [5.74, 6) is 0.507. The topological polar surface area (TPSA) is 53.6 Å². The number of fused-ring (bicyclic) bond motifs is 1. The Morgan fingerprint density at radius 3 is 2.72 bits per heavy atom. The lowest BCUT2D eigenvalue weighted by Gasteiger charge is -2.33. The van der Waals surface area contributed by atoms with Crippen LogP contribution in [0.15, 0.2) is 6.20 Å². The van der Waals surface area contributed by atoms with Gasteiger partial charge in [0.2, 0.25) is 0 Å². The van der Waals surface area contributed by atoms with Crippen LogP contribution in [-0.4, -0.2) is 22.0 Å². The summed E-state index contributed by atoms with van der Waals surface area (Å²) in [5, 5.41) is 15.6. The molecule has 18 heavy (non-hydrogen) atoms. The number of hydrogen-bond acceptors (Lipinski definition) is 3. The largest absolute Gasteiger partial charge is 0.410 e. The zero-order chi connectivity index (χ0) is 12.9. The van der Waals surface area contributed by atoms with E-state index in [-0.39, 0.29) is 23.8 Å². The van der Waals surface area contributed by atoms with Gasteiger partial charge in [-0.3, -0.25) is 0 Å². The summed E-state index contributed by atoms with van der Waals surface area (Å²) in [7, 11) is 0. The van der Waals surface area contributed by atoms with Crippen molar-refractivity contribution in [3.8, 4) is 6.07 Å². The predicted octanol–water partition coefficient (Wildman–Crippen LogP) is 2.45. The van der Waals surface area contributed by atoms with E-state index >= 15 is 0 Å². The van der Waals surface area contributed by atoms with E-state index in [1.165, 1.54) is 6.20 Å². The highest BCUT2D eigenvalue weighted by atomic mass is 19.4. The first-order chi connectivity index (χ1) is 8.50. The number of halogens is 3. The molecule has 0 spiro atoms. The Bertz CT molecular complexity index is 509. The van der Waals surface area contributed by atoms with Crippen molar-refractivity contribution in [2.45, 2.75) is 37.5 Å². The van der Waals surface area contributed by atoms with Crippen LogP contribution in [0.2, 0.25) is 0 Å². The number of nitriles is 1. The van der Waals surface area contributed by atoms with Crippen LogP contribution in [0.25, 0.3) is 0 Å². The van der Waals surface area contributed by atoms with Crippen molar-refractivity contribution in [2.24, 2.45) is 5.92 Å². The van der Waals surface area contributed by atoms with Crippen molar-refractivity contribution in [3.63, 3.8) is 0 Å². The Hall–Kier alpha value is -1.71. The molecule has 2 heterocycles. The van der Waals surface area contributed by atoms with Gasteiger partial charge in [-0.05, 0) is 25.2 Å². The van der Waals surface area contributed by atoms with Crippen molar-refractivity contribution < 1.29 is 13.2 Å². The molecule has 1 N–H and O–H groups in total. The van der Waals surface area contributed by atoms with E-state index in [1.807, 2.05) is 6.07 Å². The van der Waals surface area contributed by atoms with Gasteiger partial charge in [0.25, 0.3) is 0 Å². The van der Waals surface area contributed by atoms with Gasteiger partial charge < -0.3 is 5.32 Å². The Morgan fingerprint density at radius 2 is 2.17 bits per heavy atom. The standard InChI is InChI=1S/C11H11F3N4/c12-11(13,14)9-3-8(6-1-2-6)17-10-7(4-15)5-16-18(9)10/h5-6,8-9,17H,1-3H2/t8-,9-/m0/s1. The van der Waals surface area contributed by atoms with Gasteiger partial charge in [-0.25, -0.2) is 4.68 Å². The lowest BCUT2D eigenvalue weighted by atomic mass is 10.00. The molecule has 2 atom stereocenters. The molecule has 0 bridgehead atoms. The minimum Gasteiger partial charge on any atom is -0.366 e. The average Bonchev–Trinajstić information content (AvgIpc) is 3.07. The zero-order valence-corrected chi connectivity index (χ0v) is 9.41. The third kappa shape index (κ3) is 1.72. The van der Waals surface area contributed by atoms with Crippen molar-refractivity contribution in [2.75, 3.05) is 5.32 Å². The third-order valence-electron chi connectivity index (χ3n) is 3.58. The minimum atomic E-state index is -4.33. The van der Waals surface area contributed by atoms with E-state index in [9.17, 15) is 13.2 Å². The maximum atomic E-state index is 13.0. The molecule has 1 aliphatic carbocycles. The highest BCUT2D eigenvalue weighted by Gasteiger charge is 2.49. The van der Waals surface area contributed by atoms with Gasteiger partial charge in [0.15, 0.2) is 6.04 Å². The van der Waals surface area contributed by atoms with Crippen LogP contribution >= 0.6 is 0 Å². The fourth-order valence-corrected chi connectivity index (χ4v) is 2.48. The number of rotatable bonds is 1. The summed E-state index contributed by atoms with van der Waals surface area (Å²) < 4.78 is 40.0. The van der Waals surface area contributed by atoms with Gasteiger partial charge in [0.1, 0.15) is 17.5 Å². The van der Waals surface area contributed by atoms with E-state index in [1.54, 1.807) is 0 Å². The van der Waals surface area contributed by atoms with E-state index in [0.29, 0.717) is 5.92 Å². The summed E-state index contributed by atoms with van der Waals surface area (Å²) >= 11 is 0. The quantitative estimate of drug-likeness (QED) is 0.839. The van der Waals surface area contributed by atoms with Crippen molar-refractivity contribution >= 4 is 5.82 Å². The van der Waals surface area contributed by atoms with Gasteiger partial charge in [0.05, 0.1) is 6.20 Å². The molecule has 1 saturated carbocycles. The van der Waals surface area contributed by atoms with Gasteiger partial charge >= 0.3 is 6.18 Å². The van der Waals surface area contributed by atoms with Gasteiger partial charge in [-0.15, -0.1) is 0 Å². The second kappa shape index (κ2) is 3.64. The summed E-state index contributed by atoms with van der Waals surface area (Å²) in [6.45, 7) is 0. The van der Waals surface area contributed by atoms with E-state index in [2.05, 4.69) is 10.4 Å². The van der Waals surface area contributed by atoms with Crippen molar-refractivity contribution in [3.05, 3.63) is 11.8 Å². The van der Waals surface area contributed by atoms with Crippen LogP contribution in [0, 0.1) is 17.2 Å². The van der Waals surface area contributed by atoms with Gasteiger partial charge in [-0.2, -0.15) is 23.5 Å². The highest BCUT2D eigenvalue weighted by molar-refractivity contribution is 5.53. The number of nitrogens with zero attached hydrogens (tertiary/aromatic N) is 3. The molecular weight excluding hydrogens is 245 g/mol. The van der Waals surface area contributed by atoms with Crippen LogP contribution in [0.1, 0.15) is 30.9 Å². The maximum absolute atomic E-state index is 13.0. The molecule has 7 heteroatoms. The van der Waals surface area contributed by atoms with Crippen LogP contribution in [0.4, 0.5) is 19.0 Å². The van der Waals surface area contributed by atoms with Gasteiger partial charge in [-0.1, -0.05) is 0 Å². The van der Waals surface area contributed by atoms with Crippen LogP contribution < -0.4 is 5.32 Å². The number of hydrogen-bond donors (Lipinski definition) is 1. The first-order valence-electron chi connectivity index (χ1n) is 5.81. The van der Waals surface area contributed by atoms with Crippen molar-refractivity contribution in [1.82, 2.24) is 9.78 Å². The SMILES string of the molecule is N#Cc1cnn2c1N[C@H](C1CC1)C[C@H]2C(F)(F)F. The predicted molar refractivity (Wildman–Crippen MR) is 56.8 cm³/mol. The molecule has 0 radical (unpaired) electrons. The van der Waals surface area contributed by atoms with Crippen molar-refractivity contribution in [1.29, 1.82) is 5.26 Å². The zero-order valence-electron chi connectivity index (χ0n) is 9.41. The lowest BCUT2D eigenvalue weighted by Crippen LogP contribution is -2.40. The minimum absolute atomic E-state index is 0.00623. The Balaban J connectivity index is 2.01.